The normalized spacial score (nSPS) is 16.3. The van der Waals surface area contributed by atoms with Crippen LogP contribution in [0.5, 0.6) is 0 Å². The van der Waals surface area contributed by atoms with Crippen molar-refractivity contribution in [1.82, 2.24) is 9.78 Å². The predicted molar refractivity (Wildman–Crippen MR) is 161 cm³/mol. The summed E-state index contributed by atoms with van der Waals surface area (Å²) in [5, 5.41) is 20.3. The third kappa shape index (κ3) is 4.06. The highest BCUT2D eigenvalue weighted by Gasteiger charge is 2.42. The summed E-state index contributed by atoms with van der Waals surface area (Å²) in [6.45, 7) is 3.98. The van der Waals surface area contributed by atoms with Crippen LogP contribution in [0.2, 0.25) is 0 Å². The van der Waals surface area contributed by atoms with Crippen molar-refractivity contribution >= 4 is 40.2 Å². The lowest BCUT2D eigenvalue weighted by atomic mass is 9.93. The molecule has 2 aliphatic heterocycles. The molecule has 41 heavy (non-hydrogen) atoms. The van der Waals surface area contributed by atoms with E-state index < -0.39 is 6.04 Å². The number of aliphatic imine (C=N–C) groups is 2. The highest BCUT2D eigenvalue weighted by atomic mass is 16.6. The standard InChI is InChI=1S/C32H25N7O2/c1-20-11-6-7-16-25(20)33-30-32-35-31-28(21(2)36-38(31)23-13-4-3-5-14-23)29(22-12-10-15-24(19-22)39(40)41)37(32)27-18-9-8-17-26(27)34-30/h3-19,29H,1-2H3,(H,33,34)/t29-/m0/s1. The van der Waals surface area contributed by atoms with E-state index in [0.717, 1.165) is 45.1 Å². The minimum Gasteiger partial charge on any atom is -0.335 e. The Morgan fingerprint density at radius 3 is 2.46 bits per heavy atom. The molecule has 7 rings (SSSR count). The highest BCUT2D eigenvalue weighted by Crippen LogP contribution is 2.48. The molecule has 0 saturated carbocycles. The first kappa shape index (κ1) is 24.5. The van der Waals surface area contributed by atoms with E-state index in [-0.39, 0.29) is 10.6 Å². The minimum absolute atomic E-state index is 0.0263. The van der Waals surface area contributed by atoms with Gasteiger partial charge in [0.05, 0.1) is 39.4 Å². The zero-order valence-corrected chi connectivity index (χ0v) is 22.4. The average Bonchev–Trinajstić information content (AvgIpc) is 3.33. The fourth-order valence-electron chi connectivity index (χ4n) is 5.51. The second-order valence-electron chi connectivity index (χ2n) is 10.0. The number of nitrogens with one attached hydrogen (secondary N) is 1. The largest absolute Gasteiger partial charge is 0.335 e. The van der Waals surface area contributed by atoms with Crippen LogP contribution in [0.1, 0.15) is 28.4 Å². The fourth-order valence-corrected chi connectivity index (χ4v) is 5.51. The van der Waals surface area contributed by atoms with Crippen LogP contribution in [0.3, 0.4) is 0 Å². The van der Waals surface area contributed by atoms with Crippen molar-refractivity contribution in [3.05, 3.63) is 136 Å². The summed E-state index contributed by atoms with van der Waals surface area (Å²) in [5.41, 5.74) is 6.94. The third-order valence-corrected chi connectivity index (χ3v) is 7.43. The first-order valence-electron chi connectivity index (χ1n) is 13.3. The zero-order chi connectivity index (χ0) is 28.1. The van der Waals surface area contributed by atoms with E-state index in [0.29, 0.717) is 17.5 Å². The molecule has 0 radical (unpaired) electrons. The topological polar surface area (TPSA) is 101 Å². The van der Waals surface area contributed by atoms with Crippen LogP contribution >= 0.6 is 0 Å². The number of nitro benzene ring substituents is 1. The minimum atomic E-state index is -0.444. The van der Waals surface area contributed by atoms with Crippen molar-refractivity contribution in [2.24, 2.45) is 9.98 Å². The van der Waals surface area contributed by atoms with Gasteiger partial charge in [0.25, 0.3) is 5.69 Å². The van der Waals surface area contributed by atoms with E-state index in [1.54, 1.807) is 12.1 Å². The summed E-state index contributed by atoms with van der Waals surface area (Å²) < 4.78 is 1.84. The molecule has 3 heterocycles. The molecular weight excluding hydrogens is 514 g/mol. The van der Waals surface area contributed by atoms with Gasteiger partial charge in [0.15, 0.2) is 17.5 Å². The van der Waals surface area contributed by atoms with Gasteiger partial charge in [-0.05, 0) is 55.3 Å². The molecule has 9 heteroatoms. The molecule has 0 bridgehead atoms. The molecular formula is C32H25N7O2. The maximum atomic E-state index is 11.8. The number of hydrogen-bond acceptors (Lipinski definition) is 6. The lowest BCUT2D eigenvalue weighted by Gasteiger charge is -2.41. The monoisotopic (exact) mass is 539 g/mol. The Hall–Kier alpha value is -5.57. The Morgan fingerprint density at radius 2 is 1.66 bits per heavy atom. The van der Waals surface area contributed by atoms with Crippen LogP contribution in [0.25, 0.3) is 5.69 Å². The molecule has 1 atom stereocenters. The number of non-ortho nitro benzene ring substituents is 1. The quantitative estimate of drug-likeness (QED) is 0.192. The van der Waals surface area contributed by atoms with Crippen LogP contribution in [-0.4, -0.2) is 26.4 Å². The number of aryl methyl sites for hydroxylation is 2. The third-order valence-electron chi connectivity index (χ3n) is 7.43. The van der Waals surface area contributed by atoms with Crippen LogP contribution in [0.15, 0.2) is 113 Å². The van der Waals surface area contributed by atoms with Gasteiger partial charge < -0.3 is 10.2 Å². The Balaban J connectivity index is 1.55. The summed E-state index contributed by atoms with van der Waals surface area (Å²) >= 11 is 0. The number of nitrogens with zero attached hydrogens (tertiary/aromatic N) is 6. The Morgan fingerprint density at radius 1 is 0.902 bits per heavy atom. The molecule has 0 fully saturated rings. The Bertz CT molecular complexity index is 1890. The van der Waals surface area contributed by atoms with Crippen LogP contribution in [0, 0.1) is 24.0 Å². The van der Waals surface area contributed by atoms with Crippen molar-refractivity contribution in [3.63, 3.8) is 0 Å². The molecule has 5 aromatic rings. The van der Waals surface area contributed by atoms with Gasteiger partial charge in [-0.1, -0.05) is 60.7 Å². The van der Waals surface area contributed by atoms with E-state index in [9.17, 15) is 10.1 Å². The number of fused-ring (bicyclic) bond motifs is 4. The Labute approximate surface area is 236 Å². The lowest BCUT2D eigenvalue weighted by Crippen LogP contribution is -2.48. The molecule has 1 N–H and O–H groups in total. The number of nitro groups is 1. The lowest BCUT2D eigenvalue weighted by molar-refractivity contribution is -0.384. The van der Waals surface area contributed by atoms with E-state index in [1.165, 1.54) is 6.07 Å². The maximum absolute atomic E-state index is 11.8. The molecule has 0 unspecified atom stereocenters. The molecule has 9 nitrogen and oxygen atoms in total. The maximum Gasteiger partial charge on any atom is 0.269 e. The number of rotatable bonds is 4. The molecule has 0 saturated heterocycles. The van der Waals surface area contributed by atoms with Gasteiger partial charge in [-0.2, -0.15) is 5.10 Å². The van der Waals surface area contributed by atoms with E-state index in [4.69, 9.17) is 15.1 Å². The average molecular weight is 540 g/mol. The second kappa shape index (κ2) is 9.56. The number of amidine groups is 2. The molecule has 0 amide bonds. The molecule has 0 spiro atoms. The van der Waals surface area contributed by atoms with Gasteiger partial charge in [-0.15, -0.1) is 0 Å². The van der Waals surface area contributed by atoms with Gasteiger partial charge in [0, 0.05) is 17.7 Å². The van der Waals surface area contributed by atoms with Gasteiger partial charge in [-0.25, -0.2) is 14.7 Å². The van der Waals surface area contributed by atoms with Crippen molar-refractivity contribution in [1.29, 1.82) is 0 Å². The van der Waals surface area contributed by atoms with Gasteiger partial charge >= 0.3 is 0 Å². The molecule has 4 aromatic carbocycles. The first-order chi connectivity index (χ1) is 20.0. The second-order valence-corrected chi connectivity index (χ2v) is 10.0. The van der Waals surface area contributed by atoms with Crippen molar-refractivity contribution in [2.75, 3.05) is 10.2 Å². The SMILES string of the molecule is Cc1ccccc1N=C1Nc2ccccc2N2C1=Nc1c(c(C)nn1-c1ccccc1)[C@@H]2c1cccc([N+](=O)[O-])c1. The van der Waals surface area contributed by atoms with Crippen molar-refractivity contribution in [3.8, 4) is 5.69 Å². The summed E-state index contributed by atoms with van der Waals surface area (Å²) in [6, 6.07) is 32.1. The summed E-state index contributed by atoms with van der Waals surface area (Å²) in [4.78, 5) is 23.9. The van der Waals surface area contributed by atoms with Crippen molar-refractivity contribution in [2.45, 2.75) is 19.9 Å². The number of anilines is 2. The van der Waals surface area contributed by atoms with Crippen LogP contribution in [0.4, 0.5) is 28.6 Å². The van der Waals surface area contributed by atoms with Gasteiger partial charge in [0.1, 0.15) is 0 Å². The number of benzene rings is 4. The number of para-hydroxylation sites is 4. The summed E-state index contributed by atoms with van der Waals surface area (Å²) in [5.74, 6) is 1.85. The molecule has 1 aromatic heterocycles. The molecule has 200 valence electrons. The van der Waals surface area contributed by atoms with Crippen LogP contribution < -0.4 is 10.2 Å². The van der Waals surface area contributed by atoms with Crippen LogP contribution in [-0.2, 0) is 0 Å². The van der Waals surface area contributed by atoms with Gasteiger partial charge in [0.2, 0.25) is 0 Å². The van der Waals surface area contributed by atoms with E-state index in [1.807, 2.05) is 103 Å². The van der Waals surface area contributed by atoms with E-state index >= 15 is 0 Å². The fraction of sp³-hybridized carbons (Fsp3) is 0.0938. The van der Waals surface area contributed by atoms with Gasteiger partial charge in [-0.3, -0.25) is 10.1 Å². The molecule has 2 aliphatic rings. The molecule has 0 aliphatic carbocycles. The predicted octanol–water partition coefficient (Wildman–Crippen LogP) is 7.19. The van der Waals surface area contributed by atoms with E-state index in [2.05, 4.69) is 10.2 Å². The smallest absolute Gasteiger partial charge is 0.269 e. The zero-order valence-electron chi connectivity index (χ0n) is 22.4. The Kier molecular flexibility index (Phi) is 5.71. The highest BCUT2D eigenvalue weighted by molar-refractivity contribution is 6.52. The summed E-state index contributed by atoms with van der Waals surface area (Å²) in [7, 11) is 0. The summed E-state index contributed by atoms with van der Waals surface area (Å²) in [6.07, 6.45) is 0. The number of aromatic nitrogens is 2. The first-order valence-corrected chi connectivity index (χ1v) is 13.3. The van der Waals surface area contributed by atoms with Crippen molar-refractivity contribution < 1.29 is 4.92 Å². The number of hydrogen-bond donors (Lipinski definition) is 1.